The van der Waals surface area contributed by atoms with Crippen molar-refractivity contribution in [1.29, 1.82) is 0 Å². The molecule has 0 aliphatic rings. The smallest absolute Gasteiger partial charge is 0.316 e. The molecule has 0 spiro atoms. The minimum Gasteiger partial charge on any atom is -0.351 e. The van der Waals surface area contributed by atoms with E-state index in [1.807, 2.05) is 20.8 Å². The quantitative estimate of drug-likeness (QED) is 0.793. The lowest BCUT2D eigenvalue weighted by atomic mass is 9.96. The fourth-order valence-corrected chi connectivity index (χ4v) is 1.94. The van der Waals surface area contributed by atoms with Gasteiger partial charge < -0.3 is 20.9 Å². The van der Waals surface area contributed by atoms with Crippen molar-refractivity contribution in [2.45, 2.75) is 39.2 Å². The van der Waals surface area contributed by atoms with Crippen LogP contribution < -0.4 is 16.4 Å². The van der Waals surface area contributed by atoms with Crippen LogP contribution in [0.4, 0.5) is 10.5 Å². The van der Waals surface area contributed by atoms with Gasteiger partial charge in [-0.1, -0.05) is 32.0 Å². The summed E-state index contributed by atoms with van der Waals surface area (Å²) in [6, 6.07) is 5.30. The molecule has 2 rings (SSSR count). The molecular formula is C16H21N5O3. The van der Waals surface area contributed by atoms with Crippen molar-refractivity contribution < 1.29 is 14.1 Å². The van der Waals surface area contributed by atoms with Crippen LogP contribution in [0.3, 0.4) is 0 Å². The van der Waals surface area contributed by atoms with Crippen molar-refractivity contribution >= 4 is 17.6 Å². The highest BCUT2D eigenvalue weighted by Gasteiger charge is 2.24. The molecule has 0 saturated carbocycles. The molecular weight excluding hydrogens is 310 g/mol. The van der Waals surface area contributed by atoms with Gasteiger partial charge in [-0.2, -0.15) is 4.98 Å². The van der Waals surface area contributed by atoms with E-state index in [1.54, 1.807) is 25.1 Å². The molecule has 1 unspecified atom stereocenters. The van der Waals surface area contributed by atoms with Gasteiger partial charge >= 0.3 is 6.03 Å². The standard InChI is InChI=1S/C16H21N5O3/c1-9(13-20-14(21-24-13)16(2,3)4)18-12(22)10-6-5-7-11(8-10)19-15(17)23/h5-9H,1-4H3,(H,18,22)(H3,17,19,23). The van der Waals surface area contributed by atoms with Crippen LogP contribution in [0, 0.1) is 0 Å². The van der Waals surface area contributed by atoms with E-state index < -0.39 is 12.1 Å². The van der Waals surface area contributed by atoms with E-state index in [0.717, 1.165) is 0 Å². The largest absolute Gasteiger partial charge is 0.351 e. The maximum absolute atomic E-state index is 12.3. The van der Waals surface area contributed by atoms with E-state index >= 15 is 0 Å². The summed E-state index contributed by atoms with van der Waals surface area (Å²) in [5.41, 5.74) is 5.65. The summed E-state index contributed by atoms with van der Waals surface area (Å²) >= 11 is 0. The molecule has 0 aliphatic carbocycles. The monoisotopic (exact) mass is 331 g/mol. The predicted molar refractivity (Wildman–Crippen MR) is 88.5 cm³/mol. The van der Waals surface area contributed by atoms with E-state index in [-0.39, 0.29) is 11.3 Å². The molecule has 3 amide bonds. The summed E-state index contributed by atoms with van der Waals surface area (Å²) in [5.74, 6) is 0.581. The summed E-state index contributed by atoms with van der Waals surface area (Å²) in [7, 11) is 0. The highest BCUT2D eigenvalue weighted by molar-refractivity contribution is 5.96. The third-order valence-electron chi connectivity index (χ3n) is 3.22. The highest BCUT2D eigenvalue weighted by atomic mass is 16.5. The molecule has 1 heterocycles. The number of aromatic nitrogens is 2. The van der Waals surface area contributed by atoms with Gasteiger partial charge in [0.25, 0.3) is 5.91 Å². The Balaban J connectivity index is 2.09. The lowest BCUT2D eigenvalue weighted by Gasteiger charge is -2.12. The molecule has 1 aromatic heterocycles. The minimum absolute atomic E-state index is 0.236. The van der Waals surface area contributed by atoms with Crippen LogP contribution in [0.1, 0.15) is 55.8 Å². The fraction of sp³-hybridized carbons (Fsp3) is 0.375. The summed E-state index contributed by atoms with van der Waals surface area (Å²) in [4.78, 5) is 27.5. The lowest BCUT2D eigenvalue weighted by Crippen LogP contribution is -2.27. The molecule has 0 radical (unpaired) electrons. The summed E-state index contributed by atoms with van der Waals surface area (Å²) in [6.45, 7) is 7.68. The minimum atomic E-state index is -0.693. The van der Waals surface area contributed by atoms with Gasteiger partial charge in [0.15, 0.2) is 5.82 Å². The van der Waals surface area contributed by atoms with Gasteiger partial charge in [-0.05, 0) is 25.1 Å². The highest BCUT2D eigenvalue weighted by Crippen LogP contribution is 2.21. The Bertz CT molecular complexity index is 748. The number of rotatable bonds is 4. The average Bonchev–Trinajstić information content (AvgIpc) is 2.96. The Morgan fingerprint density at radius 2 is 2.00 bits per heavy atom. The number of hydrogen-bond donors (Lipinski definition) is 3. The number of primary amides is 1. The van der Waals surface area contributed by atoms with E-state index in [4.69, 9.17) is 10.3 Å². The van der Waals surface area contributed by atoms with Gasteiger partial charge in [0.05, 0.1) is 0 Å². The number of anilines is 1. The zero-order valence-electron chi connectivity index (χ0n) is 14.1. The van der Waals surface area contributed by atoms with Crippen molar-refractivity contribution in [1.82, 2.24) is 15.5 Å². The van der Waals surface area contributed by atoms with E-state index in [1.165, 1.54) is 6.07 Å². The van der Waals surface area contributed by atoms with Crippen LogP contribution >= 0.6 is 0 Å². The molecule has 4 N–H and O–H groups in total. The van der Waals surface area contributed by atoms with Crippen LogP contribution in [0.2, 0.25) is 0 Å². The van der Waals surface area contributed by atoms with Gasteiger partial charge in [-0.15, -0.1) is 0 Å². The number of carbonyl (C=O) groups is 2. The molecule has 0 bridgehead atoms. The maximum Gasteiger partial charge on any atom is 0.316 e. The molecule has 1 atom stereocenters. The van der Waals surface area contributed by atoms with E-state index in [2.05, 4.69) is 20.8 Å². The Labute approximate surface area is 139 Å². The molecule has 0 aliphatic heterocycles. The number of benzene rings is 1. The van der Waals surface area contributed by atoms with Gasteiger partial charge in [0, 0.05) is 16.7 Å². The van der Waals surface area contributed by atoms with Crippen molar-refractivity contribution in [3.05, 3.63) is 41.5 Å². The van der Waals surface area contributed by atoms with Gasteiger partial charge in [-0.3, -0.25) is 4.79 Å². The van der Waals surface area contributed by atoms with E-state index in [9.17, 15) is 9.59 Å². The first-order valence-corrected chi connectivity index (χ1v) is 7.48. The zero-order chi connectivity index (χ0) is 17.9. The van der Waals surface area contributed by atoms with Crippen LogP contribution in [-0.4, -0.2) is 22.1 Å². The molecule has 2 aromatic rings. The first-order valence-electron chi connectivity index (χ1n) is 7.48. The summed E-state index contributed by atoms with van der Waals surface area (Å²) in [6.07, 6.45) is 0. The number of nitrogens with two attached hydrogens (primary N) is 1. The number of carbonyl (C=O) groups excluding carboxylic acids is 2. The van der Waals surface area contributed by atoms with Crippen LogP contribution in [0.5, 0.6) is 0 Å². The van der Waals surface area contributed by atoms with Gasteiger partial charge in [-0.25, -0.2) is 4.79 Å². The Hall–Kier alpha value is -2.90. The summed E-state index contributed by atoms with van der Waals surface area (Å²) in [5, 5.41) is 9.14. The van der Waals surface area contributed by atoms with Crippen LogP contribution in [0.15, 0.2) is 28.8 Å². The average molecular weight is 331 g/mol. The van der Waals surface area contributed by atoms with Crippen molar-refractivity contribution in [2.24, 2.45) is 5.73 Å². The third kappa shape index (κ3) is 4.31. The van der Waals surface area contributed by atoms with Crippen LogP contribution in [-0.2, 0) is 5.41 Å². The normalized spacial score (nSPS) is 12.5. The second-order valence-corrected chi connectivity index (χ2v) is 6.47. The first kappa shape index (κ1) is 17.5. The molecule has 8 heteroatoms. The predicted octanol–water partition coefficient (Wildman–Crippen LogP) is 2.35. The van der Waals surface area contributed by atoms with E-state index in [0.29, 0.717) is 23.0 Å². The number of urea groups is 1. The number of hydrogen-bond acceptors (Lipinski definition) is 5. The molecule has 1 aromatic carbocycles. The lowest BCUT2D eigenvalue weighted by molar-refractivity contribution is 0.0932. The second kappa shape index (κ2) is 6.69. The Morgan fingerprint density at radius 1 is 1.29 bits per heavy atom. The summed E-state index contributed by atoms with van der Waals surface area (Å²) < 4.78 is 5.22. The topological polar surface area (TPSA) is 123 Å². The Kier molecular flexibility index (Phi) is 4.87. The molecule has 128 valence electrons. The van der Waals surface area contributed by atoms with Gasteiger partial charge in [0.2, 0.25) is 5.89 Å². The Morgan fingerprint density at radius 3 is 2.58 bits per heavy atom. The second-order valence-electron chi connectivity index (χ2n) is 6.47. The van der Waals surface area contributed by atoms with Crippen LogP contribution in [0.25, 0.3) is 0 Å². The van der Waals surface area contributed by atoms with Gasteiger partial charge in [0.1, 0.15) is 6.04 Å². The maximum atomic E-state index is 12.3. The SMILES string of the molecule is CC(NC(=O)c1cccc(NC(N)=O)c1)c1nc(C(C)(C)C)no1. The number of nitrogens with one attached hydrogen (secondary N) is 2. The zero-order valence-corrected chi connectivity index (χ0v) is 14.1. The molecule has 8 nitrogen and oxygen atoms in total. The first-order chi connectivity index (χ1) is 11.2. The van der Waals surface area contributed by atoms with Crippen molar-refractivity contribution in [3.8, 4) is 0 Å². The molecule has 24 heavy (non-hydrogen) atoms. The fourth-order valence-electron chi connectivity index (χ4n) is 1.94. The molecule has 0 fully saturated rings. The van der Waals surface area contributed by atoms with Crippen molar-refractivity contribution in [3.63, 3.8) is 0 Å². The molecule has 0 saturated heterocycles. The van der Waals surface area contributed by atoms with Crippen molar-refractivity contribution in [2.75, 3.05) is 5.32 Å². The third-order valence-corrected chi connectivity index (χ3v) is 3.22. The number of amides is 3. The number of nitrogens with zero attached hydrogens (tertiary/aromatic N) is 2.